The minimum atomic E-state index is -0.235. The second-order valence-electron chi connectivity index (χ2n) is 13.0. The fourth-order valence-electron chi connectivity index (χ4n) is 7.78. The van der Waals surface area contributed by atoms with Crippen LogP contribution < -0.4 is 0 Å². The van der Waals surface area contributed by atoms with E-state index in [-0.39, 0.29) is 5.41 Å². The van der Waals surface area contributed by atoms with Crippen molar-refractivity contribution >= 4 is 43.7 Å². The standard InChI is InChI=1S/C43H29N3O/c1-43(2)34-17-9-6-16-31(34)41-39(43)40(44-42(45-41)27-12-4-3-5-13-27)26-20-22-28(23-21-26)46-35-18-10-7-14-29(35)32-25-38-33(24-36(32)46)30-15-8-11-19-37(30)47-38/h3-25H,1-2H3. The van der Waals surface area contributed by atoms with Crippen LogP contribution >= 0.6 is 0 Å². The molecular weight excluding hydrogens is 574 g/mol. The van der Waals surface area contributed by atoms with Gasteiger partial charge >= 0.3 is 0 Å². The summed E-state index contributed by atoms with van der Waals surface area (Å²) in [5.41, 5.74) is 12.8. The van der Waals surface area contributed by atoms with Crippen LogP contribution in [0.3, 0.4) is 0 Å². The zero-order valence-corrected chi connectivity index (χ0v) is 26.0. The molecule has 0 fully saturated rings. The summed E-state index contributed by atoms with van der Waals surface area (Å²) in [6.45, 7) is 4.58. The Bertz CT molecular complexity index is 2700. The van der Waals surface area contributed by atoms with Gasteiger partial charge in [0, 0.05) is 54.9 Å². The van der Waals surface area contributed by atoms with Crippen molar-refractivity contribution in [3.8, 4) is 39.6 Å². The summed E-state index contributed by atoms with van der Waals surface area (Å²) in [7, 11) is 0. The Kier molecular flexibility index (Phi) is 5.31. The van der Waals surface area contributed by atoms with Gasteiger partial charge in [-0.15, -0.1) is 0 Å². The van der Waals surface area contributed by atoms with Crippen LogP contribution in [0.5, 0.6) is 0 Å². The summed E-state index contributed by atoms with van der Waals surface area (Å²) in [6, 6.07) is 49.2. The quantitative estimate of drug-likeness (QED) is 0.202. The molecular formula is C43H29N3O. The molecule has 0 aliphatic heterocycles. The first-order valence-corrected chi connectivity index (χ1v) is 16.1. The molecule has 0 atom stereocenters. The number of para-hydroxylation sites is 2. The van der Waals surface area contributed by atoms with E-state index in [1.807, 2.05) is 30.3 Å². The van der Waals surface area contributed by atoms with E-state index in [0.717, 1.165) is 67.0 Å². The normalized spacial score (nSPS) is 13.5. The van der Waals surface area contributed by atoms with E-state index in [9.17, 15) is 0 Å². The fraction of sp³-hybridized carbons (Fsp3) is 0.0698. The van der Waals surface area contributed by atoms with Crippen LogP contribution in [0, 0.1) is 0 Å². The minimum absolute atomic E-state index is 0.235. The van der Waals surface area contributed by atoms with Gasteiger partial charge in [-0.1, -0.05) is 117 Å². The Morgan fingerprint density at radius 2 is 1.23 bits per heavy atom. The molecule has 0 saturated heterocycles. The van der Waals surface area contributed by atoms with Crippen molar-refractivity contribution < 1.29 is 4.42 Å². The first-order valence-electron chi connectivity index (χ1n) is 16.1. The van der Waals surface area contributed by atoms with Crippen LogP contribution in [0.15, 0.2) is 144 Å². The minimum Gasteiger partial charge on any atom is -0.456 e. The van der Waals surface area contributed by atoms with Crippen LogP contribution in [0.25, 0.3) is 83.3 Å². The Morgan fingerprint density at radius 1 is 0.532 bits per heavy atom. The number of rotatable bonds is 3. The van der Waals surface area contributed by atoms with E-state index in [0.29, 0.717) is 0 Å². The molecule has 1 aliphatic rings. The highest BCUT2D eigenvalue weighted by Crippen LogP contribution is 2.51. The van der Waals surface area contributed by atoms with Crippen molar-refractivity contribution in [1.82, 2.24) is 14.5 Å². The van der Waals surface area contributed by atoms with E-state index >= 15 is 0 Å². The van der Waals surface area contributed by atoms with Crippen LogP contribution in [-0.4, -0.2) is 14.5 Å². The molecule has 0 bridgehead atoms. The lowest BCUT2D eigenvalue weighted by Gasteiger charge is -2.24. The number of fused-ring (bicyclic) bond motifs is 9. The highest BCUT2D eigenvalue weighted by Gasteiger charge is 2.40. The first kappa shape index (κ1) is 26.2. The Morgan fingerprint density at radius 3 is 2.09 bits per heavy atom. The molecule has 222 valence electrons. The lowest BCUT2D eigenvalue weighted by molar-refractivity contribution is 0.658. The number of nitrogens with zero attached hydrogens (tertiary/aromatic N) is 3. The summed E-state index contributed by atoms with van der Waals surface area (Å²) in [4.78, 5) is 10.5. The number of furan rings is 1. The van der Waals surface area contributed by atoms with Crippen LogP contribution in [0.2, 0.25) is 0 Å². The van der Waals surface area contributed by atoms with E-state index in [1.165, 1.54) is 27.5 Å². The third-order valence-corrected chi connectivity index (χ3v) is 9.99. The smallest absolute Gasteiger partial charge is 0.160 e. The van der Waals surface area contributed by atoms with Crippen molar-refractivity contribution in [3.63, 3.8) is 0 Å². The molecule has 3 heterocycles. The SMILES string of the molecule is CC1(C)c2ccccc2-c2nc(-c3ccccc3)nc(-c3ccc(-n4c5ccccc5c5cc6oc7ccccc7c6cc54)cc3)c21. The van der Waals surface area contributed by atoms with Gasteiger partial charge in [0.1, 0.15) is 11.2 Å². The second-order valence-corrected chi connectivity index (χ2v) is 13.0. The third kappa shape index (κ3) is 3.70. The molecule has 0 N–H and O–H groups in total. The van der Waals surface area contributed by atoms with Crippen molar-refractivity contribution in [1.29, 1.82) is 0 Å². The third-order valence-electron chi connectivity index (χ3n) is 9.99. The van der Waals surface area contributed by atoms with Crippen molar-refractivity contribution in [2.45, 2.75) is 19.3 Å². The van der Waals surface area contributed by atoms with Gasteiger partial charge in [-0.05, 0) is 42.0 Å². The topological polar surface area (TPSA) is 43.9 Å². The largest absolute Gasteiger partial charge is 0.456 e. The zero-order chi connectivity index (χ0) is 31.3. The molecule has 0 saturated carbocycles. The second kappa shape index (κ2) is 9.51. The molecule has 1 aliphatic carbocycles. The fourth-order valence-corrected chi connectivity index (χ4v) is 7.78. The summed E-state index contributed by atoms with van der Waals surface area (Å²) in [5.74, 6) is 0.745. The maximum absolute atomic E-state index is 6.29. The number of benzene rings is 6. The Labute approximate surface area is 271 Å². The molecule has 4 nitrogen and oxygen atoms in total. The van der Waals surface area contributed by atoms with E-state index in [4.69, 9.17) is 14.4 Å². The highest BCUT2D eigenvalue weighted by atomic mass is 16.3. The van der Waals surface area contributed by atoms with Crippen molar-refractivity contribution in [2.75, 3.05) is 0 Å². The van der Waals surface area contributed by atoms with Crippen molar-refractivity contribution in [3.05, 3.63) is 151 Å². The summed E-state index contributed by atoms with van der Waals surface area (Å²) in [6.07, 6.45) is 0. The predicted octanol–water partition coefficient (Wildman–Crippen LogP) is 11.1. The van der Waals surface area contributed by atoms with Gasteiger partial charge in [-0.25, -0.2) is 9.97 Å². The molecule has 0 radical (unpaired) electrons. The molecule has 10 rings (SSSR count). The molecule has 0 unspecified atom stereocenters. The molecule has 4 heteroatoms. The maximum atomic E-state index is 6.29. The maximum Gasteiger partial charge on any atom is 0.160 e. The first-order chi connectivity index (χ1) is 23.1. The van der Waals surface area contributed by atoms with Crippen molar-refractivity contribution in [2.24, 2.45) is 0 Å². The average Bonchev–Trinajstić information content (AvgIpc) is 3.72. The van der Waals surface area contributed by atoms with Gasteiger partial charge < -0.3 is 8.98 Å². The van der Waals surface area contributed by atoms with Crippen LogP contribution in [0.4, 0.5) is 0 Å². The summed E-state index contributed by atoms with van der Waals surface area (Å²) >= 11 is 0. The summed E-state index contributed by atoms with van der Waals surface area (Å²) < 4.78 is 8.66. The van der Waals surface area contributed by atoms with Gasteiger partial charge in [0.25, 0.3) is 0 Å². The lowest BCUT2D eigenvalue weighted by atomic mass is 9.81. The lowest BCUT2D eigenvalue weighted by Crippen LogP contribution is -2.17. The molecule has 6 aromatic carbocycles. The molecule has 47 heavy (non-hydrogen) atoms. The Hall–Kier alpha value is -6.00. The van der Waals surface area contributed by atoms with E-state index in [2.05, 4.69) is 128 Å². The highest BCUT2D eigenvalue weighted by molar-refractivity contribution is 6.17. The van der Waals surface area contributed by atoms with Gasteiger partial charge in [0.15, 0.2) is 5.82 Å². The zero-order valence-electron chi connectivity index (χ0n) is 26.0. The van der Waals surface area contributed by atoms with E-state index in [1.54, 1.807) is 0 Å². The average molecular weight is 604 g/mol. The predicted molar refractivity (Wildman–Crippen MR) is 192 cm³/mol. The van der Waals surface area contributed by atoms with Crippen LogP contribution in [-0.2, 0) is 5.41 Å². The number of hydrogen-bond acceptors (Lipinski definition) is 3. The van der Waals surface area contributed by atoms with Gasteiger partial charge in [0.2, 0.25) is 0 Å². The van der Waals surface area contributed by atoms with Gasteiger partial charge in [0.05, 0.1) is 22.4 Å². The molecule has 0 spiro atoms. The van der Waals surface area contributed by atoms with Gasteiger partial charge in [-0.3, -0.25) is 0 Å². The Balaban J connectivity index is 1.19. The monoisotopic (exact) mass is 603 g/mol. The number of hydrogen-bond donors (Lipinski definition) is 0. The molecule has 9 aromatic rings. The molecule has 3 aromatic heterocycles. The van der Waals surface area contributed by atoms with Gasteiger partial charge in [-0.2, -0.15) is 0 Å². The van der Waals surface area contributed by atoms with Crippen LogP contribution in [0.1, 0.15) is 25.0 Å². The molecule has 0 amide bonds. The van der Waals surface area contributed by atoms with E-state index < -0.39 is 0 Å². The number of aromatic nitrogens is 3. The summed E-state index contributed by atoms with van der Waals surface area (Å²) in [5, 5.41) is 4.64.